The smallest absolute Gasteiger partial charge is 0.251 e. The van der Waals surface area contributed by atoms with E-state index in [9.17, 15) is 4.79 Å². The van der Waals surface area contributed by atoms with Crippen LogP contribution in [0, 0.1) is 6.92 Å². The summed E-state index contributed by atoms with van der Waals surface area (Å²) in [6.45, 7) is 11.2. The molecule has 21 heavy (non-hydrogen) atoms. The van der Waals surface area contributed by atoms with Crippen LogP contribution in [0.25, 0.3) is 0 Å². The highest BCUT2D eigenvalue weighted by Crippen LogP contribution is 2.17. The molecule has 1 atom stereocenters. The normalized spacial score (nSPS) is 16.0. The first-order valence-corrected chi connectivity index (χ1v) is 7.75. The molecule has 4 nitrogen and oxygen atoms in total. The fraction of sp³-hybridized carbons (Fsp3) is 0.588. The van der Waals surface area contributed by atoms with Crippen molar-refractivity contribution in [2.45, 2.75) is 33.8 Å². The standard InChI is InChI=1S/C15H22N2O2.C2H6/c1-12-4-6-14(7-5-12)16-8-10-17(11-9-16)15(18)13(2)19-3;1-2/h4-7,13H,8-11H2,1-3H3;1-2H3/t13-;/m0./s1. The fourth-order valence-corrected chi connectivity index (χ4v) is 2.30. The number of anilines is 1. The van der Waals surface area contributed by atoms with Gasteiger partial charge in [-0.1, -0.05) is 31.5 Å². The summed E-state index contributed by atoms with van der Waals surface area (Å²) in [6, 6.07) is 8.54. The lowest BCUT2D eigenvalue weighted by Crippen LogP contribution is -2.51. The van der Waals surface area contributed by atoms with Crippen molar-refractivity contribution in [1.82, 2.24) is 4.90 Å². The molecule has 2 rings (SSSR count). The van der Waals surface area contributed by atoms with Gasteiger partial charge in [0.05, 0.1) is 0 Å². The first kappa shape index (κ1) is 17.5. The van der Waals surface area contributed by atoms with Gasteiger partial charge in [0.15, 0.2) is 0 Å². The first-order chi connectivity index (χ1) is 10.1. The van der Waals surface area contributed by atoms with E-state index in [1.54, 1.807) is 14.0 Å². The van der Waals surface area contributed by atoms with Crippen molar-refractivity contribution < 1.29 is 9.53 Å². The van der Waals surface area contributed by atoms with Gasteiger partial charge in [-0.25, -0.2) is 0 Å². The number of hydrogen-bond acceptors (Lipinski definition) is 3. The second kappa shape index (κ2) is 8.67. The average molecular weight is 292 g/mol. The van der Waals surface area contributed by atoms with Crippen molar-refractivity contribution in [3.05, 3.63) is 29.8 Å². The summed E-state index contributed by atoms with van der Waals surface area (Å²) in [5.41, 5.74) is 2.50. The predicted molar refractivity (Wildman–Crippen MR) is 87.8 cm³/mol. The first-order valence-electron chi connectivity index (χ1n) is 7.75. The largest absolute Gasteiger partial charge is 0.372 e. The summed E-state index contributed by atoms with van der Waals surface area (Å²) >= 11 is 0. The highest BCUT2D eigenvalue weighted by Gasteiger charge is 2.24. The molecule has 0 radical (unpaired) electrons. The maximum absolute atomic E-state index is 12.0. The van der Waals surface area contributed by atoms with Crippen LogP contribution in [0.2, 0.25) is 0 Å². The van der Waals surface area contributed by atoms with E-state index < -0.39 is 0 Å². The Bertz CT molecular complexity index is 423. The topological polar surface area (TPSA) is 32.8 Å². The molecule has 0 N–H and O–H groups in total. The van der Waals surface area contributed by atoms with Gasteiger partial charge in [0.2, 0.25) is 0 Å². The number of nitrogens with zero attached hydrogens (tertiary/aromatic N) is 2. The molecule has 1 heterocycles. The van der Waals surface area contributed by atoms with Crippen molar-refractivity contribution in [1.29, 1.82) is 0 Å². The minimum atomic E-state index is -0.342. The third-order valence-corrected chi connectivity index (χ3v) is 3.69. The van der Waals surface area contributed by atoms with E-state index in [2.05, 4.69) is 36.1 Å². The van der Waals surface area contributed by atoms with Gasteiger partial charge in [-0.3, -0.25) is 4.79 Å². The third-order valence-electron chi connectivity index (χ3n) is 3.69. The van der Waals surface area contributed by atoms with Crippen LogP contribution in [0.4, 0.5) is 5.69 Å². The molecular formula is C17H28N2O2. The van der Waals surface area contributed by atoms with Crippen molar-refractivity contribution in [3.8, 4) is 0 Å². The number of methoxy groups -OCH3 is 1. The molecule has 1 amide bonds. The van der Waals surface area contributed by atoms with Crippen LogP contribution in [0.15, 0.2) is 24.3 Å². The van der Waals surface area contributed by atoms with Crippen LogP contribution >= 0.6 is 0 Å². The van der Waals surface area contributed by atoms with Gasteiger partial charge in [-0.2, -0.15) is 0 Å². The number of benzene rings is 1. The van der Waals surface area contributed by atoms with Crippen molar-refractivity contribution in [2.24, 2.45) is 0 Å². The van der Waals surface area contributed by atoms with Gasteiger partial charge >= 0.3 is 0 Å². The lowest BCUT2D eigenvalue weighted by atomic mass is 10.2. The number of hydrogen-bond donors (Lipinski definition) is 0. The quantitative estimate of drug-likeness (QED) is 0.859. The van der Waals surface area contributed by atoms with E-state index in [-0.39, 0.29) is 12.0 Å². The molecule has 1 aromatic carbocycles. The van der Waals surface area contributed by atoms with Crippen LogP contribution in [0.5, 0.6) is 0 Å². The second-order valence-electron chi connectivity index (χ2n) is 5.03. The van der Waals surface area contributed by atoms with Crippen LogP contribution in [0.3, 0.4) is 0 Å². The van der Waals surface area contributed by atoms with E-state index in [0.717, 1.165) is 26.2 Å². The summed E-state index contributed by atoms with van der Waals surface area (Å²) < 4.78 is 5.09. The Labute approximate surface area is 128 Å². The lowest BCUT2D eigenvalue weighted by Gasteiger charge is -2.37. The van der Waals surface area contributed by atoms with Crippen LogP contribution in [0.1, 0.15) is 26.3 Å². The Hall–Kier alpha value is -1.55. The van der Waals surface area contributed by atoms with Crippen LogP contribution in [-0.2, 0) is 9.53 Å². The SMILES string of the molecule is CC.CO[C@@H](C)C(=O)N1CCN(c2ccc(C)cc2)CC1. The van der Waals surface area contributed by atoms with Crippen molar-refractivity contribution >= 4 is 11.6 Å². The van der Waals surface area contributed by atoms with Gasteiger partial charge < -0.3 is 14.5 Å². The summed E-state index contributed by atoms with van der Waals surface area (Å²) in [5, 5.41) is 0. The zero-order valence-corrected chi connectivity index (χ0v) is 13.9. The Morgan fingerprint density at radius 1 is 1.10 bits per heavy atom. The number of carbonyl (C=O) groups excluding carboxylic acids is 1. The lowest BCUT2D eigenvalue weighted by molar-refractivity contribution is -0.141. The number of aryl methyl sites for hydroxylation is 1. The molecule has 1 aliphatic heterocycles. The minimum absolute atomic E-state index is 0.0889. The van der Waals surface area contributed by atoms with Gasteiger partial charge in [0.1, 0.15) is 6.10 Å². The molecule has 1 aliphatic rings. The highest BCUT2D eigenvalue weighted by molar-refractivity contribution is 5.80. The molecule has 0 aliphatic carbocycles. The monoisotopic (exact) mass is 292 g/mol. The van der Waals surface area contributed by atoms with Gasteiger partial charge in [0, 0.05) is 39.0 Å². The number of carbonyl (C=O) groups is 1. The maximum Gasteiger partial charge on any atom is 0.251 e. The van der Waals surface area contributed by atoms with E-state index in [1.807, 2.05) is 18.7 Å². The van der Waals surface area contributed by atoms with Gasteiger partial charge in [-0.05, 0) is 26.0 Å². The summed E-state index contributed by atoms with van der Waals surface area (Å²) in [4.78, 5) is 16.2. The molecule has 1 aromatic rings. The predicted octanol–water partition coefficient (Wildman–Crippen LogP) is 2.70. The van der Waals surface area contributed by atoms with Gasteiger partial charge in [0.25, 0.3) is 5.91 Å². The molecule has 1 saturated heterocycles. The summed E-state index contributed by atoms with van der Waals surface area (Å²) in [6.07, 6.45) is -0.342. The van der Waals surface area contributed by atoms with Crippen LogP contribution in [-0.4, -0.2) is 50.2 Å². The summed E-state index contributed by atoms with van der Waals surface area (Å²) in [7, 11) is 1.57. The van der Waals surface area contributed by atoms with Gasteiger partial charge in [-0.15, -0.1) is 0 Å². The maximum atomic E-state index is 12.0. The van der Waals surface area contributed by atoms with Crippen LogP contribution < -0.4 is 4.90 Å². The Balaban J connectivity index is 0.00000106. The van der Waals surface area contributed by atoms with E-state index in [1.165, 1.54) is 11.3 Å². The molecule has 1 fully saturated rings. The minimum Gasteiger partial charge on any atom is -0.372 e. The average Bonchev–Trinajstić information content (AvgIpc) is 2.56. The molecule has 0 saturated carbocycles. The molecule has 4 heteroatoms. The molecule has 0 bridgehead atoms. The molecule has 118 valence electrons. The van der Waals surface area contributed by atoms with E-state index >= 15 is 0 Å². The number of ether oxygens (including phenoxy) is 1. The Morgan fingerprint density at radius 3 is 2.10 bits per heavy atom. The highest BCUT2D eigenvalue weighted by atomic mass is 16.5. The second-order valence-corrected chi connectivity index (χ2v) is 5.03. The molecule has 0 spiro atoms. The molecule has 0 unspecified atom stereocenters. The third kappa shape index (κ3) is 4.74. The Morgan fingerprint density at radius 2 is 1.62 bits per heavy atom. The molecular weight excluding hydrogens is 264 g/mol. The fourth-order valence-electron chi connectivity index (χ4n) is 2.30. The molecule has 0 aromatic heterocycles. The van der Waals surface area contributed by atoms with Crippen molar-refractivity contribution in [3.63, 3.8) is 0 Å². The Kier molecular flexibility index (Phi) is 7.23. The summed E-state index contributed by atoms with van der Waals surface area (Å²) in [5.74, 6) is 0.0889. The van der Waals surface area contributed by atoms with E-state index in [4.69, 9.17) is 4.74 Å². The number of rotatable bonds is 3. The zero-order valence-electron chi connectivity index (χ0n) is 13.9. The number of piperazine rings is 1. The zero-order chi connectivity index (χ0) is 15.8. The van der Waals surface area contributed by atoms with E-state index in [0.29, 0.717) is 0 Å². The van der Waals surface area contributed by atoms with Crippen molar-refractivity contribution in [2.75, 3.05) is 38.2 Å². The number of amides is 1.